The van der Waals surface area contributed by atoms with Gasteiger partial charge in [0.15, 0.2) is 17.5 Å². The quantitative estimate of drug-likeness (QED) is 0.346. The monoisotopic (exact) mass is 510 g/mol. The van der Waals surface area contributed by atoms with Gasteiger partial charge in [-0.15, -0.1) is 0 Å². The third-order valence-corrected chi connectivity index (χ3v) is 6.45. The number of nitrogens with one attached hydrogen (secondary N) is 2. The number of H-pyrrole nitrogens is 1. The number of aromatic amines is 1. The van der Waals surface area contributed by atoms with Crippen LogP contribution in [0.1, 0.15) is 15.9 Å². The Morgan fingerprint density at radius 1 is 1.03 bits per heavy atom. The Hall–Kier alpha value is -5.12. The molecule has 6 rings (SSSR count). The van der Waals surface area contributed by atoms with Crippen LogP contribution in [-0.4, -0.2) is 30.2 Å². The van der Waals surface area contributed by atoms with Gasteiger partial charge in [0, 0.05) is 42.0 Å². The summed E-state index contributed by atoms with van der Waals surface area (Å²) in [6, 6.07) is 16.0. The van der Waals surface area contributed by atoms with E-state index in [4.69, 9.17) is 0 Å². The summed E-state index contributed by atoms with van der Waals surface area (Å²) in [6.45, 7) is -0.0213. The van der Waals surface area contributed by atoms with Gasteiger partial charge in [-0.05, 0) is 59.7 Å². The number of benzene rings is 2. The lowest BCUT2D eigenvalue weighted by molar-refractivity contribution is 0.102. The van der Waals surface area contributed by atoms with Gasteiger partial charge in [0.25, 0.3) is 11.5 Å². The molecular weight excluding hydrogens is 490 g/mol. The van der Waals surface area contributed by atoms with Gasteiger partial charge >= 0.3 is 0 Å². The highest BCUT2D eigenvalue weighted by molar-refractivity contribution is 6.08. The smallest absolute Gasteiger partial charge is 0.263 e. The number of carbonyl (C=O) groups excluding carboxylic acids is 1. The molecule has 0 spiro atoms. The minimum atomic E-state index is -1.00. The van der Waals surface area contributed by atoms with Gasteiger partial charge < -0.3 is 14.9 Å². The molecule has 6 aromatic rings. The van der Waals surface area contributed by atoms with E-state index < -0.39 is 23.1 Å². The van der Waals surface area contributed by atoms with E-state index >= 15 is 0 Å². The van der Waals surface area contributed by atoms with E-state index in [1.54, 1.807) is 24.0 Å². The molecule has 0 aliphatic carbocycles. The molecular formula is C28H20F2N6O2. The number of carbonyl (C=O) groups is 1. The highest BCUT2D eigenvalue weighted by atomic mass is 19.2. The zero-order valence-corrected chi connectivity index (χ0v) is 20.1. The fraction of sp³-hybridized carbons (Fsp3) is 0.0714. The molecule has 0 aliphatic heterocycles. The second-order valence-electron chi connectivity index (χ2n) is 8.86. The van der Waals surface area contributed by atoms with Crippen LogP contribution < -0.4 is 10.9 Å². The molecule has 8 nitrogen and oxygen atoms in total. The maximum atomic E-state index is 13.6. The van der Waals surface area contributed by atoms with Crippen molar-refractivity contribution in [2.24, 2.45) is 7.05 Å². The topological polar surface area (TPSA) is 97.6 Å². The van der Waals surface area contributed by atoms with Crippen molar-refractivity contribution in [3.63, 3.8) is 0 Å². The fourth-order valence-corrected chi connectivity index (χ4v) is 4.56. The van der Waals surface area contributed by atoms with Crippen LogP contribution in [0, 0.1) is 11.6 Å². The van der Waals surface area contributed by atoms with E-state index in [9.17, 15) is 18.4 Å². The summed E-state index contributed by atoms with van der Waals surface area (Å²) in [5, 5.41) is 8.89. The number of aromatic nitrogens is 5. The van der Waals surface area contributed by atoms with Gasteiger partial charge in [-0.2, -0.15) is 5.10 Å². The van der Waals surface area contributed by atoms with E-state index in [0.29, 0.717) is 16.8 Å². The van der Waals surface area contributed by atoms with Crippen molar-refractivity contribution in [1.82, 2.24) is 24.3 Å². The van der Waals surface area contributed by atoms with Gasteiger partial charge in [0.2, 0.25) is 0 Å². The lowest BCUT2D eigenvalue weighted by atomic mass is 10.0. The Bertz CT molecular complexity index is 1920. The summed E-state index contributed by atoms with van der Waals surface area (Å²) in [5.74, 6) is -2.30. The first kappa shape index (κ1) is 23.3. The summed E-state index contributed by atoms with van der Waals surface area (Å²) in [4.78, 5) is 33.7. The molecule has 0 saturated carbocycles. The van der Waals surface area contributed by atoms with Crippen molar-refractivity contribution >= 4 is 33.7 Å². The second-order valence-corrected chi connectivity index (χ2v) is 8.86. The number of rotatable bonds is 5. The summed E-state index contributed by atoms with van der Waals surface area (Å²) >= 11 is 0. The van der Waals surface area contributed by atoms with Crippen LogP contribution in [0.5, 0.6) is 0 Å². The number of halogens is 2. The second kappa shape index (κ2) is 9.07. The highest BCUT2D eigenvalue weighted by Crippen LogP contribution is 2.32. The van der Waals surface area contributed by atoms with E-state index in [2.05, 4.69) is 20.4 Å². The highest BCUT2D eigenvalue weighted by Gasteiger charge is 2.18. The zero-order chi connectivity index (χ0) is 26.4. The van der Waals surface area contributed by atoms with Crippen LogP contribution in [0.15, 0.2) is 84.0 Å². The molecule has 4 aromatic heterocycles. The lowest BCUT2D eigenvalue weighted by Crippen LogP contribution is -2.29. The normalized spacial score (nSPS) is 11.3. The van der Waals surface area contributed by atoms with Crippen molar-refractivity contribution < 1.29 is 13.6 Å². The third-order valence-electron chi connectivity index (χ3n) is 6.45. The molecule has 0 bridgehead atoms. The largest absolute Gasteiger partial charge is 0.346 e. The van der Waals surface area contributed by atoms with E-state index in [1.165, 1.54) is 22.9 Å². The average Bonchev–Trinajstić information content (AvgIpc) is 3.48. The molecule has 10 heteroatoms. The van der Waals surface area contributed by atoms with Gasteiger partial charge in [-0.25, -0.2) is 13.8 Å². The molecule has 0 aliphatic rings. The maximum Gasteiger partial charge on any atom is 0.263 e. The Balaban J connectivity index is 1.33. The number of hydrogen-bond acceptors (Lipinski definition) is 4. The molecule has 0 unspecified atom stereocenters. The number of fused-ring (bicyclic) bond motifs is 2. The zero-order valence-electron chi connectivity index (χ0n) is 20.1. The van der Waals surface area contributed by atoms with E-state index in [1.807, 2.05) is 36.5 Å². The standard InChI is InChI=1S/C28H20F2N6O2/c1-35-24-9-7-17(21-14-32-25-18(21)4-2-10-31-25)13-20(24)26(34-35)33-27(37)19-5-3-11-36(28(19)38)15-16-6-8-22(29)23(30)12-16/h2-14H,15H2,1H3,(H,31,32)(H,33,34,37). The minimum Gasteiger partial charge on any atom is -0.346 e. The van der Waals surface area contributed by atoms with Crippen molar-refractivity contribution in [2.45, 2.75) is 6.54 Å². The predicted octanol–water partition coefficient (Wildman–Crippen LogP) is 4.86. The van der Waals surface area contributed by atoms with Crippen LogP contribution in [-0.2, 0) is 13.6 Å². The molecule has 4 heterocycles. The number of hydrogen-bond donors (Lipinski definition) is 2. The van der Waals surface area contributed by atoms with Crippen molar-refractivity contribution in [3.8, 4) is 11.1 Å². The van der Waals surface area contributed by atoms with E-state index in [-0.39, 0.29) is 12.1 Å². The molecule has 0 atom stereocenters. The number of nitrogens with zero attached hydrogens (tertiary/aromatic N) is 4. The molecule has 188 valence electrons. The molecule has 1 amide bonds. The Kier molecular flexibility index (Phi) is 5.56. The van der Waals surface area contributed by atoms with Gasteiger partial charge in [0.05, 0.1) is 12.1 Å². The van der Waals surface area contributed by atoms with Crippen LogP contribution in [0.25, 0.3) is 33.1 Å². The number of amides is 1. The summed E-state index contributed by atoms with van der Waals surface area (Å²) in [7, 11) is 1.77. The van der Waals surface area contributed by atoms with Gasteiger partial charge in [0.1, 0.15) is 11.2 Å². The maximum absolute atomic E-state index is 13.6. The molecule has 38 heavy (non-hydrogen) atoms. The Morgan fingerprint density at radius 2 is 1.89 bits per heavy atom. The first-order valence-corrected chi connectivity index (χ1v) is 11.7. The van der Waals surface area contributed by atoms with Gasteiger partial charge in [-0.1, -0.05) is 12.1 Å². The Morgan fingerprint density at radius 3 is 2.74 bits per heavy atom. The molecule has 2 N–H and O–H groups in total. The van der Waals surface area contributed by atoms with Crippen LogP contribution in [0.3, 0.4) is 0 Å². The molecule has 0 radical (unpaired) electrons. The number of pyridine rings is 2. The van der Waals surface area contributed by atoms with Crippen molar-refractivity contribution in [1.29, 1.82) is 0 Å². The number of anilines is 1. The average molecular weight is 511 g/mol. The molecule has 0 fully saturated rings. The number of aryl methyl sites for hydroxylation is 1. The van der Waals surface area contributed by atoms with Crippen molar-refractivity contribution in [2.75, 3.05) is 5.32 Å². The van der Waals surface area contributed by atoms with E-state index in [0.717, 1.165) is 39.8 Å². The molecule has 2 aromatic carbocycles. The van der Waals surface area contributed by atoms with Crippen LogP contribution in [0.2, 0.25) is 0 Å². The SMILES string of the molecule is Cn1nc(NC(=O)c2cccn(Cc3ccc(F)c(F)c3)c2=O)c2cc(-c3c[nH]c4ncccc34)ccc21. The lowest BCUT2D eigenvalue weighted by Gasteiger charge is -2.09. The third kappa shape index (κ3) is 4.01. The molecule has 0 saturated heterocycles. The predicted molar refractivity (Wildman–Crippen MR) is 140 cm³/mol. The summed E-state index contributed by atoms with van der Waals surface area (Å²) in [5.41, 5.74) is 3.15. The first-order chi connectivity index (χ1) is 18.4. The van der Waals surface area contributed by atoms with Crippen molar-refractivity contribution in [3.05, 3.63) is 112 Å². The van der Waals surface area contributed by atoms with Crippen LogP contribution >= 0.6 is 0 Å². The Labute approximate surface area is 214 Å². The first-order valence-electron chi connectivity index (χ1n) is 11.7. The van der Waals surface area contributed by atoms with Crippen LogP contribution in [0.4, 0.5) is 14.6 Å². The van der Waals surface area contributed by atoms with Gasteiger partial charge in [-0.3, -0.25) is 14.3 Å². The minimum absolute atomic E-state index is 0.0213. The fourth-order valence-electron chi connectivity index (χ4n) is 4.56. The summed E-state index contributed by atoms with van der Waals surface area (Å²) < 4.78 is 29.8. The summed E-state index contributed by atoms with van der Waals surface area (Å²) in [6.07, 6.45) is 5.09.